The summed E-state index contributed by atoms with van der Waals surface area (Å²) in [4.78, 5) is 35.0. The number of carbonyl (C=O) groups excluding carboxylic acids is 3. The molecule has 0 amide bonds. The lowest BCUT2D eigenvalue weighted by Crippen LogP contribution is -2.19. The zero-order valence-electron chi connectivity index (χ0n) is 10.5. The van der Waals surface area contributed by atoms with E-state index in [0.29, 0.717) is 17.7 Å². The molecule has 0 saturated heterocycles. The molecule has 1 unspecified atom stereocenters. The van der Waals surface area contributed by atoms with Gasteiger partial charge >= 0.3 is 5.97 Å². The zero-order chi connectivity index (χ0) is 13.8. The van der Waals surface area contributed by atoms with Crippen molar-refractivity contribution in [1.29, 1.82) is 0 Å². The second-order valence-corrected chi connectivity index (χ2v) is 4.19. The number of rotatable bonds is 6. The van der Waals surface area contributed by atoms with Gasteiger partial charge in [0.15, 0.2) is 17.7 Å². The highest BCUT2D eigenvalue weighted by atomic mass is 16.6. The van der Waals surface area contributed by atoms with Crippen molar-refractivity contribution in [3.63, 3.8) is 0 Å². The molecule has 0 aromatic heterocycles. The van der Waals surface area contributed by atoms with Gasteiger partial charge in [0.25, 0.3) is 0 Å². The molecule has 1 aliphatic heterocycles. The van der Waals surface area contributed by atoms with Gasteiger partial charge in [0, 0.05) is 12.2 Å². The van der Waals surface area contributed by atoms with Gasteiger partial charge in [-0.25, -0.2) is 4.79 Å². The molecule has 1 aromatic carbocycles. The van der Waals surface area contributed by atoms with Crippen molar-refractivity contribution in [3.8, 4) is 0 Å². The maximum Gasteiger partial charge on any atom is 0.339 e. The van der Waals surface area contributed by atoms with Gasteiger partial charge in [-0.05, 0) is 13.0 Å². The SMILES string of the molecule is CCOCC(=O)CC(=O)C1OC(=O)c2ccccc21. The minimum absolute atomic E-state index is 0.0927. The summed E-state index contributed by atoms with van der Waals surface area (Å²) in [7, 11) is 0. The molecule has 0 saturated carbocycles. The maximum atomic E-state index is 12.0. The number of cyclic esters (lactones) is 1. The van der Waals surface area contributed by atoms with Crippen molar-refractivity contribution in [1.82, 2.24) is 0 Å². The van der Waals surface area contributed by atoms with Crippen molar-refractivity contribution in [3.05, 3.63) is 35.4 Å². The Labute approximate surface area is 110 Å². The number of Topliss-reactive ketones (excluding diaryl/α,β-unsaturated/α-hetero) is 2. The monoisotopic (exact) mass is 262 g/mol. The second-order valence-electron chi connectivity index (χ2n) is 4.19. The number of hydrogen-bond acceptors (Lipinski definition) is 5. The van der Waals surface area contributed by atoms with E-state index in [4.69, 9.17) is 9.47 Å². The van der Waals surface area contributed by atoms with Crippen LogP contribution in [0.1, 0.15) is 35.4 Å². The normalized spacial score (nSPS) is 16.9. The average Bonchev–Trinajstić information content (AvgIpc) is 2.74. The van der Waals surface area contributed by atoms with E-state index in [2.05, 4.69) is 0 Å². The molecule has 5 heteroatoms. The van der Waals surface area contributed by atoms with Crippen molar-refractivity contribution in [2.75, 3.05) is 13.2 Å². The molecule has 0 spiro atoms. The van der Waals surface area contributed by atoms with Crippen LogP contribution < -0.4 is 0 Å². The number of hydrogen-bond donors (Lipinski definition) is 0. The van der Waals surface area contributed by atoms with Crippen molar-refractivity contribution < 1.29 is 23.9 Å². The van der Waals surface area contributed by atoms with Crippen LogP contribution in [0.4, 0.5) is 0 Å². The predicted octanol–water partition coefficient (Wildman–Crippen LogP) is 1.46. The van der Waals surface area contributed by atoms with E-state index in [1.54, 1.807) is 31.2 Å². The van der Waals surface area contributed by atoms with Crippen LogP contribution in [0.25, 0.3) is 0 Å². The van der Waals surface area contributed by atoms with E-state index in [1.807, 2.05) is 0 Å². The van der Waals surface area contributed by atoms with Crippen LogP contribution >= 0.6 is 0 Å². The molecule has 0 N–H and O–H groups in total. The summed E-state index contributed by atoms with van der Waals surface area (Å²) >= 11 is 0. The van der Waals surface area contributed by atoms with Crippen LogP contribution in [-0.2, 0) is 19.1 Å². The molecule has 1 aliphatic rings. The first-order valence-corrected chi connectivity index (χ1v) is 6.05. The lowest BCUT2D eigenvalue weighted by molar-refractivity contribution is -0.134. The first kappa shape index (κ1) is 13.4. The van der Waals surface area contributed by atoms with Gasteiger partial charge in [0.2, 0.25) is 0 Å². The Balaban J connectivity index is 2.06. The molecular weight excluding hydrogens is 248 g/mol. The fourth-order valence-corrected chi connectivity index (χ4v) is 1.94. The minimum atomic E-state index is -0.964. The van der Waals surface area contributed by atoms with E-state index in [0.717, 1.165) is 0 Å². The molecule has 0 fully saturated rings. The van der Waals surface area contributed by atoms with Gasteiger partial charge in [-0.1, -0.05) is 18.2 Å². The number of ether oxygens (including phenoxy) is 2. The Kier molecular flexibility index (Phi) is 4.06. The number of fused-ring (bicyclic) bond motifs is 1. The molecule has 2 rings (SSSR count). The summed E-state index contributed by atoms with van der Waals surface area (Å²) in [6, 6.07) is 6.69. The van der Waals surface area contributed by atoms with E-state index in [-0.39, 0.29) is 18.8 Å². The molecule has 5 nitrogen and oxygen atoms in total. The Bertz CT molecular complexity index is 520. The van der Waals surface area contributed by atoms with Crippen LogP contribution in [0, 0.1) is 0 Å². The molecule has 1 heterocycles. The van der Waals surface area contributed by atoms with Gasteiger partial charge in [0.1, 0.15) is 6.61 Å². The summed E-state index contributed by atoms with van der Waals surface area (Å²) in [5.74, 6) is -1.25. The summed E-state index contributed by atoms with van der Waals surface area (Å²) in [5, 5.41) is 0. The topological polar surface area (TPSA) is 69.7 Å². The third-order valence-electron chi connectivity index (χ3n) is 2.82. The fourth-order valence-electron chi connectivity index (χ4n) is 1.94. The first-order valence-electron chi connectivity index (χ1n) is 6.05. The van der Waals surface area contributed by atoms with Crippen LogP contribution in [-0.4, -0.2) is 30.7 Å². The third-order valence-corrected chi connectivity index (χ3v) is 2.82. The lowest BCUT2D eigenvalue weighted by atomic mass is 10.00. The van der Waals surface area contributed by atoms with Crippen molar-refractivity contribution in [2.24, 2.45) is 0 Å². The van der Waals surface area contributed by atoms with Crippen molar-refractivity contribution in [2.45, 2.75) is 19.4 Å². The fraction of sp³-hybridized carbons (Fsp3) is 0.357. The van der Waals surface area contributed by atoms with Crippen LogP contribution in [0.5, 0.6) is 0 Å². The maximum absolute atomic E-state index is 12.0. The van der Waals surface area contributed by atoms with Crippen LogP contribution in [0.3, 0.4) is 0 Å². The standard InChI is InChI=1S/C14H14O5/c1-2-18-8-9(15)7-12(16)13-10-5-3-4-6-11(10)14(17)19-13/h3-6,13H,2,7-8H2,1H3. The minimum Gasteiger partial charge on any atom is -0.446 e. The van der Waals surface area contributed by atoms with Gasteiger partial charge < -0.3 is 9.47 Å². The summed E-state index contributed by atoms with van der Waals surface area (Å²) in [5.41, 5.74) is 0.916. The molecule has 1 aromatic rings. The third kappa shape index (κ3) is 2.88. The summed E-state index contributed by atoms with van der Waals surface area (Å²) in [6.45, 7) is 2.09. The molecule has 0 bridgehead atoms. The average molecular weight is 262 g/mol. The molecule has 1 atom stereocenters. The molecule has 100 valence electrons. The number of ketones is 2. The quantitative estimate of drug-likeness (QED) is 0.573. The Morgan fingerprint density at radius 3 is 2.79 bits per heavy atom. The van der Waals surface area contributed by atoms with Gasteiger partial charge in [0.05, 0.1) is 12.0 Å². The smallest absolute Gasteiger partial charge is 0.339 e. The first-order chi connectivity index (χ1) is 9.13. The van der Waals surface area contributed by atoms with Crippen LogP contribution in [0.15, 0.2) is 24.3 Å². The summed E-state index contributed by atoms with van der Waals surface area (Å²) in [6.07, 6.45) is -1.25. The highest BCUT2D eigenvalue weighted by Crippen LogP contribution is 2.31. The lowest BCUT2D eigenvalue weighted by Gasteiger charge is -2.08. The van der Waals surface area contributed by atoms with Gasteiger partial charge in [-0.15, -0.1) is 0 Å². The number of esters is 1. The highest BCUT2D eigenvalue weighted by molar-refractivity contribution is 6.06. The van der Waals surface area contributed by atoms with Crippen LogP contribution in [0.2, 0.25) is 0 Å². The summed E-state index contributed by atoms with van der Waals surface area (Å²) < 4.78 is 9.96. The number of benzene rings is 1. The Hall–Kier alpha value is -2.01. The van der Waals surface area contributed by atoms with E-state index in [9.17, 15) is 14.4 Å². The van der Waals surface area contributed by atoms with Gasteiger partial charge in [-0.2, -0.15) is 0 Å². The van der Waals surface area contributed by atoms with E-state index in [1.165, 1.54) is 0 Å². The molecular formula is C14H14O5. The second kappa shape index (κ2) is 5.75. The zero-order valence-corrected chi connectivity index (χ0v) is 10.5. The van der Waals surface area contributed by atoms with E-state index < -0.39 is 17.9 Å². The largest absolute Gasteiger partial charge is 0.446 e. The highest BCUT2D eigenvalue weighted by Gasteiger charge is 2.36. The van der Waals surface area contributed by atoms with Crippen molar-refractivity contribution >= 4 is 17.5 Å². The Morgan fingerprint density at radius 1 is 1.32 bits per heavy atom. The molecule has 0 aliphatic carbocycles. The van der Waals surface area contributed by atoms with Gasteiger partial charge in [-0.3, -0.25) is 9.59 Å². The predicted molar refractivity (Wildman–Crippen MR) is 65.7 cm³/mol. The van der Waals surface area contributed by atoms with E-state index >= 15 is 0 Å². The molecule has 0 radical (unpaired) electrons. The number of carbonyl (C=O) groups is 3. The Morgan fingerprint density at radius 2 is 2.05 bits per heavy atom. The molecule has 19 heavy (non-hydrogen) atoms.